The van der Waals surface area contributed by atoms with E-state index in [9.17, 15) is 21.6 Å². The average Bonchev–Trinajstić information content (AvgIpc) is 2.80. The van der Waals surface area contributed by atoms with Gasteiger partial charge in [0.1, 0.15) is 5.82 Å². The number of fused-ring (bicyclic) bond motifs is 1. The molecule has 1 aromatic rings. The van der Waals surface area contributed by atoms with Crippen molar-refractivity contribution in [1.82, 2.24) is 19.1 Å². The number of nitrogens with zero attached hydrogens (tertiary/aromatic N) is 4. The minimum Gasteiger partial charge on any atom is -0.305 e. The van der Waals surface area contributed by atoms with E-state index in [1.807, 2.05) is 0 Å². The Balaban J connectivity index is 2.19. The SMILES string of the molecule is CC(CCl)CS(=O)(=O)N1CCn2c(nnc2C(F)(F)F)C1. The van der Waals surface area contributed by atoms with Crippen molar-refractivity contribution >= 4 is 21.6 Å². The van der Waals surface area contributed by atoms with Gasteiger partial charge in [-0.3, -0.25) is 0 Å². The van der Waals surface area contributed by atoms with E-state index in [4.69, 9.17) is 11.6 Å². The van der Waals surface area contributed by atoms with Crippen molar-refractivity contribution in [1.29, 1.82) is 0 Å². The van der Waals surface area contributed by atoms with Crippen molar-refractivity contribution in [2.75, 3.05) is 18.2 Å². The molecule has 0 fully saturated rings. The molecule has 120 valence electrons. The van der Waals surface area contributed by atoms with Crippen LogP contribution in [0.25, 0.3) is 0 Å². The Hall–Kier alpha value is -0.870. The second kappa shape index (κ2) is 5.73. The van der Waals surface area contributed by atoms with E-state index < -0.39 is 22.0 Å². The fourth-order valence-electron chi connectivity index (χ4n) is 2.09. The lowest BCUT2D eigenvalue weighted by Gasteiger charge is -2.28. The monoisotopic (exact) mass is 346 g/mol. The largest absolute Gasteiger partial charge is 0.451 e. The minimum atomic E-state index is -4.60. The summed E-state index contributed by atoms with van der Waals surface area (Å²) in [6, 6.07) is 0. The molecule has 0 saturated carbocycles. The summed E-state index contributed by atoms with van der Waals surface area (Å²) < 4.78 is 64.4. The Bertz CT molecular complexity index is 616. The Kier molecular flexibility index (Phi) is 4.50. The number of alkyl halides is 4. The molecule has 0 aliphatic carbocycles. The van der Waals surface area contributed by atoms with Gasteiger partial charge in [0.2, 0.25) is 15.8 Å². The molecule has 11 heteroatoms. The zero-order valence-electron chi connectivity index (χ0n) is 11.1. The molecule has 1 aliphatic heterocycles. The first-order valence-electron chi connectivity index (χ1n) is 6.18. The molecular weight excluding hydrogens is 333 g/mol. The van der Waals surface area contributed by atoms with E-state index in [1.165, 1.54) is 0 Å². The lowest BCUT2D eigenvalue weighted by molar-refractivity contribution is -0.147. The molecule has 2 heterocycles. The van der Waals surface area contributed by atoms with Crippen LogP contribution in [0, 0.1) is 5.92 Å². The van der Waals surface area contributed by atoms with E-state index in [0.717, 1.165) is 8.87 Å². The average molecular weight is 347 g/mol. The van der Waals surface area contributed by atoms with Crippen LogP contribution >= 0.6 is 11.6 Å². The van der Waals surface area contributed by atoms with Gasteiger partial charge in [-0.15, -0.1) is 21.8 Å². The summed E-state index contributed by atoms with van der Waals surface area (Å²) in [6.07, 6.45) is -4.60. The van der Waals surface area contributed by atoms with Crippen molar-refractivity contribution in [3.05, 3.63) is 11.6 Å². The first-order valence-corrected chi connectivity index (χ1v) is 8.32. The van der Waals surface area contributed by atoms with Gasteiger partial charge in [-0.25, -0.2) is 8.42 Å². The zero-order chi connectivity index (χ0) is 15.8. The standard InChI is InChI=1S/C10H14ClF3N4O2S/c1-7(4-11)6-21(19,20)17-2-3-18-8(5-17)15-16-9(18)10(12,13)14/h7H,2-6H2,1H3. The van der Waals surface area contributed by atoms with Crippen molar-refractivity contribution in [2.45, 2.75) is 26.2 Å². The highest BCUT2D eigenvalue weighted by molar-refractivity contribution is 7.89. The molecule has 0 spiro atoms. The number of rotatable bonds is 4. The van der Waals surface area contributed by atoms with Crippen LogP contribution in [-0.2, 0) is 29.3 Å². The van der Waals surface area contributed by atoms with Crippen molar-refractivity contribution in [3.63, 3.8) is 0 Å². The summed E-state index contributed by atoms with van der Waals surface area (Å²) in [5, 5.41) is 6.56. The summed E-state index contributed by atoms with van der Waals surface area (Å²) in [5.41, 5.74) is 0. The van der Waals surface area contributed by atoms with E-state index in [1.54, 1.807) is 6.92 Å². The van der Waals surface area contributed by atoms with Crippen molar-refractivity contribution in [2.24, 2.45) is 5.92 Å². The molecule has 0 radical (unpaired) electrons. The van der Waals surface area contributed by atoms with Gasteiger partial charge in [0, 0.05) is 19.0 Å². The van der Waals surface area contributed by atoms with Gasteiger partial charge in [0.25, 0.3) is 0 Å². The fourth-order valence-corrected chi connectivity index (χ4v) is 4.05. The van der Waals surface area contributed by atoms with Gasteiger partial charge in [-0.2, -0.15) is 17.5 Å². The molecule has 21 heavy (non-hydrogen) atoms. The predicted octanol–water partition coefficient (Wildman–Crippen LogP) is 1.32. The van der Waals surface area contributed by atoms with Gasteiger partial charge in [0.05, 0.1) is 12.3 Å². The Morgan fingerprint density at radius 3 is 2.57 bits per heavy atom. The van der Waals surface area contributed by atoms with Gasteiger partial charge in [-0.1, -0.05) is 6.92 Å². The Labute approximate surface area is 124 Å². The van der Waals surface area contributed by atoms with Gasteiger partial charge in [-0.05, 0) is 5.92 Å². The lowest BCUT2D eigenvalue weighted by Crippen LogP contribution is -2.41. The quantitative estimate of drug-likeness (QED) is 0.771. The highest BCUT2D eigenvalue weighted by atomic mass is 35.5. The van der Waals surface area contributed by atoms with Crippen LogP contribution in [0.3, 0.4) is 0 Å². The molecule has 0 amide bonds. The molecule has 1 aliphatic rings. The lowest BCUT2D eigenvalue weighted by atomic mass is 10.3. The van der Waals surface area contributed by atoms with Crippen LogP contribution in [-0.4, -0.2) is 45.7 Å². The summed E-state index contributed by atoms with van der Waals surface area (Å²) in [5.74, 6) is -1.28. The number of sulfonamides is 1. The van der Waals surface area contributed by atoms with E-state index in [0.29, 0.717) is 0 Å². The molecule has 0 aromatic carbocycles. The molecule has 0 bridgehead atoms. The summed E-state index contributed by atoms with van der Waals surface area (Å²) in [7, 11) is -3.58. The van der Waals surface area contributed by atoms with Crippen LogP contribution < -0.4 is 0 Å². The Morgan fingerprint density at radius 1 is 1.33 bits per heavy atom. The molecule has 1 unspecified atom stereocenters. The highest BCUT2D eigenvalue weighted by Crippen LogP contribution is 2.29. The number of halogens is 4. The maximum atomic E-state index is 12.7. The van der Waals surface area contributed by atoms with Crippen LogP contribution in [0.2, 0.25) is 0 Å². The predicted molar refractivity (Wildman–Crippen MR) is 69.1 cm³/mol. The van der Waals surface area contributed by atoms with Gasteiger partial charge < -0.3 is 4.57 Å². The molecule has 1 atom stereocenters. The van der Waals surface area contributed by atoms with Crippen LogP contribution in [0.1, 0.15) is 18.6 Å². The molecule has 0 N–H and O–H groups in total. The second-order valence-corrected chi connectivity index (χ2v) is 7.28. The topological polar surface area (TPSA) is 68.1 Å². The number of hydrogen-bond donors (Lipinski definition) is 0. The zero-order valence-corrected chi connectivity index (χ0v) is 12.7. The molecular formula is C10H14ClF3N4O2S. The fraction of sp³-hybridized carbons (Fsp3) is 0.800. The summed E-state index contributed by atoms with van der Waals surface area (Å²) in [4.78, 5) is 0. The molecule has 0 saturated heterocycles. The minimum absolute atomic E-state index is 0.00400. The van der Waals surface area contributed by atoms with Crippen molar-refractivity contribution < 1.29 is 21.6 Å². The second-order valence-electron chi connectivity index (χ2n) is 4.96. The van der Waals surface area contributed by atoms with E-state index in [2.05, 4.69) is 10.2 Å². The van der Waals surface area contributed by atoms with Crippen LogP contribution in [0.5, 0.6) is 0 Å². The summed E-state index contributed by atoms with van der Waals surface area (Å²) in [6.45, 7) is 1.33. The first-order chi connectivity index (χ1) is 9.65. The van der Waals surface area contributed by atoms with Gasteiger partial charge >= 0.3 is 6.18 Å². The summed E-state index contributed by atoms with van der Waals surface area (Å²) >= 11 is 5.60. The molecule has 6 nitrogen and oxygen atoms in total. The third-order valence-corrected chi connectivity index (χ3v) is 5.74. The molecule has 2 rings (SSSR count). The van der Waals surface area contributed by atoms with Crippen LogP contribution in [0.4, 0.5) is 13.2 Å². The maximum absolute atomic E-state index is 12.7. The van der Waals surface area contributed by atoms with Crippen LogP contribution in [0.15, 0.2) is 0 Å². The van der Waals surface area contributed by atoms with E-state index >= 15 is 0 Å². The number of aromatic nitrogens is 3. The number of hydrogen-bond acceptors (Lipinski definition) is 4. The maximum Gasteiger partial charge on any atom is 0.451 e. The van der Waals surface area contributed by atoms with Gasteiger partial charge in [0.15, 0.2) is 0 Å². The highest BCUT2D eigenvalue weighted by Gasteiger charge is 2.40. The third-order valence-electron chi connectivity index (χ3n) is 3.12. The van der Waals surface area contributed by atoms with Crippen molar-refractivity contribution in [3.8, 4) is 0 Å². The normalized spacial score (nSPS) is 18.5. The van der Waals surface area contributed by atoms with E-state index in [-0.39, 0.29) is 43.0 Å². The smallest absolute Gasteiger partial charge is 0.305 e. The third kappa shape index (κ3) is 3.49. The first kappa shape index (κ1) is 16.5. The Morgan fingerprint density at radius 2 is 2.00 bits per heavy atom. The molecule has 1 aromatic heterocycles.